The first-order valence-electron chi connectivity index (χ1n) is 2.96. The number of nitrogens with zero attached hydrogens (tertiary/aromatic N) is 2. The van der Waals surface area contributed by atoms with Crippen LogP contribution in [0.1, 0.15) is 0 Å². The van der Waals surface area contributed by atoms with Gasteiger partial charge in [-0.25, -0.2) is 4.98 Å². The van der Waals surface area contributed by atoms with Gasteiger partial charge in [0.25, 0.3) is 5.56 Å². The van der Waals surface area contributed by atoms with E-state index >= 15 is 0 Å². The summed E-state index contributed by atoms with van der Waals surface area (Å²) >= 11 is 1.14. The first-order valence-corrected chi connectivity index (χ1v) is 4.18. The third kappa shape index (κ3) is 1.45. The molecule has 0 aliphatic heterocycles. The van der Waals surface area contributed by atoms with Crippen LogP contribution >= 0.6 is 11.8 Å². The van der Waals surface area contributed by atoms with Gasteiger partial charge in [0.2, 0.25) is 11.6 Å². The fourth-order valence-electron chi connectivity index (χ4n) is 0.686. The summed E-state index contributed by atoms with van der Waals surface area (Å²) in [6.45, 7) is 0. The summed E-state index contributed by atoms with van der Waals surface area (Å²) in [5, 5.41) is 2.79. The molecule has 3 N–H and O–H groups in total. The van der Waals surface area contributed by atoms with Crippen molar-refractivity contribution in [2.24, 2.45) is 5.18 Å². The van der Waals surface area contributed by atoms with Crippen molar-refractivity contribution in [3.8, 4) is 0 Å². The first kappa shape index (κ1) is 8.72. The van der Waals surface area contributed by atoms with E-state index in [0.29, 0.717) is 0 Å². The molecule has 0 atom stereocenters. The van der Waals surface area contributed by atoms with Gasteiger partial charge in [-0.1, -0.05) is 0 Å². The number of thioether (sulfide) groups is 1. The molecule has 0 saturated heterocycles. The van der Waals surface area contributed by atoms with E-state index in [2.05, 4.69) is 15.1 Å². The molecule has 0 saturated carbocycles. The smallest absolute Gasteiger partial charge is 0.283 e. The zero-order chi connectivity index (χ0) is 9.14. The summed E-state index contributed by atoms with van der Waals surface area (Å²) in [6, 6.07) is 0. The third-order valence-corrected chi connectivity index (χ3v) is 1.84. The Morgan fingerprint density at radius 2 is 2.33 bits per heavy atom. The highest BCUT2D eigenvalue weighted by atomic mass is 32.2. The van der Waals surface area contributed by atoms with E-state index in [1.165, 1.54) is 0 Å². The standard InChI is InChI=1S/C5H6N4O2S/c1-12-4-2(9-11)3(10)7-5(6)8-4/h1H3,(H3,6,7,8,10). The lowest BCUT2D eigenvalue weighted by molar-refractivity contribution is 1.03. The van der Waals surface area contributed by atoms with Crippen LogP contribution in [0.25, 0.3) is 0 Å². The number of rotatable bonds is 2. The van der Waals surface area contributed by atoms with Gasteiger partial charge in [-0.3, -0.25) is 9.78 Å². The molecule has 0 bridgehead atoms. The lowest BCUT2D eigenvalue weighted by atomic mass is 10.5. The lowest BCUT2D eigenvalue weighted by Gasteiger charge is -1.97. The molecule has 12 heavy (non-hydrogen) atoms. The number of nitrogens with two attached hydrogens (primary N) is 1. The number of aromatic amines is 1. The van der Waals surface area contributed by atoms with E-state index in [4.69, 9.17) is 5.73 Å². The Balaban J connectivity index is 3.44. The summed E-state index contributed by atoms with van der Waals surface area (Å²) in [6.07, 6.45) is 1.68. The topological polar surface area (TPSA) is 101 Å². The summed E-state index contributed by atoms with van der Waals surface area (Å²) in [4.78, 5) is 27.0. The van der Waals surface area contributed by atoms with E-state index < -0.39 is 5.56 Å². The Labute approximate surface area is 71.6 Å². The fourth-order valence-corrected chi connectivity index (χ4v) is 1.20. The predicted octanol–water partition coefficient (Wildman–Crippen LogP) is 0.472. The number of nitroso groups, excluding NO2 is 1. The molecule has 0 aliphatic rings. The van der Waals surface area contributed by atoms with E-state index in [1.54, 1.807) is 6.26 Å². The van der Waals surface area contributed by atoms with Crippen molar-refractivity contribution in [1.82, 2.24) is 9.97 Å². The van der Waals surface area contributed by atoms with Gasteiger partial charge in [0.1, 0.15) is 5.03 Å². The maximum Gasteiger partial charge on any atom is 0.283 e. The van der Waals surface area contributed by atoms with Gasteiger partial charge in [-0.2, -0.15) is 0 Å². The average Bonchev–Trinajstić information content (AvgIpc) is 2.03. The summed E-state index contributed by atoms with van der Waals surface area (Å²) < 4.78 is 0. The van der Waals surface area contributed by atoms with Crippen LogP contribution in [0.4, 0.5) is 11.6 Å². The van der Waals surface area contributed by atoms with Crippen molar-refractivity contribution >= 4 is 23.4 Å². The van der Waals surface area contributed by atoms with Crippen LogP contribution in [0.3, 0.4) is 0 Å². The average molecular weight is 186 g/mol. The fraction of sp³-hybridized carbons (Fsp3) is 0.200. The molecule has 7 heteroatoms. The molecule has 1 aromatic heterocycles. The van der Waals surface area contributed by atoms with Crippen LogP contribution in [0.2, 0.25) is 0 Å². The maximum atomic E-state index is 11.0. The van der Waals surface area contributed by atoms with Crippen molar-refractivity contribution in [1.29, 1.82) is 0 Å². The number of hydrogen-bond donors (Lipinski definition) is 2. The van der Waals surface area contributed by atoms with Gasteiger partial charge in [0.15, 0.2) is 0 Å². The Bertz CT molecular complexity index is 361. The molecule has 0 unspecified atom stereocenters. The Morgan fingerprint density at radius 1 is 1.67 bits per heavy atom. The molecule has 0 aromatic carbocycles. The van der Waals surface area contributed by atoms with E-state index in [-0.39, 0.29) is 16.7 Å². The van der Waals surface area contributed by atoms with Gasteiger partial charge < -0.3 is 5.73 Å². The van der Waals surface area contributed by atoms with E-state index in [0.717, 1.165) is 11.8 Å². The number of nitrogen functional groups attached to an aromatic ring is 1. The Hall–Kier alpha value is -1.37. The summed E-state index contributed by atoms with van der Waals surface area (Å²) in [5.41, 5.74) is 4.40. The second-order valence-corrected chi connectivity index (χ2v) is 2.70. The SMILES string of the molecule is CSc1nc(N)[nH]c(=O)c1N=O. The van der Waals surface area contributed by atoms with E-state index in [1.807, 2.05) is 0 Å². The quantitative estimate of drug-likeness (QED) is 0.397. The second-order valence-electron chi connectivity index (χ2n) is 1.90. The molecule has 6 nitrogen and oxygen atoms in total. The minimum Gasteiger partial charge on any atom is -0.369 e. The first-order chi connectivity index (χ1) is 5.69. The molecule has 64 valence electrons. The van der Waals surface area contributed by atoms with Crippen molar-refractivity contribution in [2.75, 3.05) is 12.0 Å². The number of hydrogen-bond acceptors (Lipinski definition) is 6. The van der Waals surface area contributed by atoms with Crippen LogP contribution in [0, 0.1) is 4.91 Å². The summed E-state index contributed by atoms with van der Waals surface area (Å²) in [5.74, 6) is -0.0169. The van der Waals surface area contributed by atoms with Gasteiger partial charge >= 0.3 is 0 Å². The van der Waals surface area contributed by atoms with Crippen LogP contribution in [0.5, 0.6) is 0 Å². The number of anilines is 1. The van der Waals surface area contributed by atoms with Crippen LogP contribution in [0.15, 0.2) is 15.0 Å². The lowest BCUT2D eigenvalue weighted by Crippen LogP contribution is -2.11. The molecule has 0 amide bonds. The Morgan fingerprint density at radius 3 is 2.83 bits per heavy atom. The number of aromatic nitrogens is 2. The number of H-pyrrole nitrogens is 1. The van der Waals surface area contributed by atoms with Crippen LogP contribution in [-0.4, -0.2) is 16.2 Å². The largest absolute Gasteiger partial charge is 0.369 e. The molecule has 0 radical (unpaired) electrons. The zero-order valence-electron chi connectivity index (χ0n) is 6.20. The highest BCUT2D eigenvalue weighted by Gasteiger charge is 2.09. The molecule has 0 spiro atoms. The van der Waals surface area contributed by atoms with Crippen molar-refractivity contribution < 1.29 is 0 Å². The number of nitrogens with one attached hydrogen (secondary N) is 1. The van der Waals surface area contributed by atoms with E-state index in [9.17, 15) is 9.70 Å². The molecular weight excluding hydrogens is 180 g/mol. The zero-order valence-corrected chi connectivity index (χ0v) is 7.01. The van der Waals surface area contributed by atoms with Crippen molar-refractivity contribution in [3.63, 3.8) is 0 Å². The maximum absolute atomic E-state index is 11.0. The van der Waals surface area contributed by atoms with Crippen molar-refractivity contribution in [2.45, 2.75) is 5.03 Å². The minimum atomic E-state index is -0.609. The second kappa shape index (κ2) is 3.35. The predicted molar refractivity (Wildman–Crippen MR) is 46.5 cm³/mol. The molecule has 1 rings (SSSR count). The third-order valence-electron chi connectivity index (χ3n) is 1.17. The molecule has 1 aromatic rings. The normalized spacial score (nSPS) is 9.75. The van der Waals surface area contributed by atoms with Gasteiger partial charge in [0.05, 0.1) is 0 Å². The minimum absolute atomic E-state index is 0.0169. The van der Waals surface area contributed by atoms with Crippen molar-refractivity contribution in [3.05, 3.63) is 15.3 Å². The molecule has 0 aliphatic carbocycles. The molecular formula is C5H6N4O2S. The van der Waals surface area contributed by atoms with Gasteiger partial charge in [-0.05, 0) is 11.4 Å². The molecule has 0 fully saturated rings. The highest BCUT2D eigenvalue weighted by molar-refractivity contribution is 7.98. The van der Waals surface area contributed by atoms with Gasteiger partial charge in [-0.15, -0.1) is 16.7 Å². The van der Waals surface area contributed by atoms with Gasteiger partial charge in [0, 0.05) is 0 Å². The Kier molecular flexibility index (Phi) is 2.44. The van der Waals surface area contributed by atoms with Crippen LogP contribution in [-0.2, 0) is 0 Å². The molecule has 1 heterocycles. The van der Waals surface area contributed by atoms with Crippen LogP contribution < -0.4 is 11.3 Å². The monoisotopic (exact) mass is 186 g/mol. The summed E-state index contributed by atoms with van der Waals surface area (Å²) in [7, 11) is 0. The highest BCUT2D eigenvalue weighted by Crippen LogP contribution is 2.21.